The number of aromatic nitrogens is 4. The van der Waals surface area contributed by atoms with Gasteiger partial charge in [-0.25, -0.2) is 4.98 Å². The molecule has 9 heteroatoms. The van der Waals surface area contributed by atoms with E-state index in [0.29, 0.717) is 11.3 Å². The van der Waals surface area contributed by atoms with Crippen LogP contribution < -0.4 is 4.68 Å². The summed E-state index contributed by atoms with van der Waals surface area (Å²) in [4.78, 5) is 7.96. The van der Waals surface area contributed by atoms with Gasteiger partial charge in [-0.15, -0.1) is 0 Å². The van der Waals surface area contributed by atoms with E-state index in [0.717, 1.165) is 0 Å². The van der Waals surface area contributed by atoms with Crippen LogP contribution in [-0.4, -0.2) is 33.8 Å². The molecule has 0 aliphatic heterocycles. The van der Waals surface area contributed by atoms with Gasteiger partial charge in [-0.2, -0.15) is 13.7 Å². The van der Waals surface area contributed by atoms with Gasteiger partial charge in [-0.05, 0) is 5.10 Å². The van der Waals surface area contributed by atoms with Gasteiger partial charge >= 0.3 is 0 Å². The van der Waals surface area contributed by atoms with Crippen LogP contribution in [0, 0.1) is 11.3 Å². The van der Waals surface area contributed by atoms with Crippen LogP contribution in [0.4, 0.5) is 0 Å². The van der Waals surface area contributed by atoms with Crippen molar-refractivity contribution in [1.82, 2.24) is 15.1 Å². The topological polar surface area (TPSA) is 121 Å². The highest BCUT2D eigenvalue weighted by molar-refractivity contribution is 7.85. The van der Waals surface area contributed by atoms with E-state index in [-0.39, 0.29) is 12.2 Å². The van der Waals surface area contributed by atoms with Crippen molar-refractivity contribution < 1.29 is 17.7 Å². The van der Waals surface area contributed by atoms with Crippen LogP contribution in [0.3, 0.4) is 0 Å². The molecule has 0 saturated heterocycles. The molecule has 20 heavy (non-hydrogen) atoms. The Morgan fingerprint density at radius 3 is 2.60 bits per heavy atom. The molecule has 2 aromatic rings. The van der Waals surface area contributed by atoms with Crippen molar-refractivity contribution in [1.29, 1.82) is 5.26 Å². The maximum atomic E-state index is 10.6. The highest BCUT2D eigenvalue weighted by atomic mass is 32.2. The Labute approximate surface area is 115 Å². The smallest absolute Gasteiger partial charge is 0.271 e. The van der Waals surface area contributed by atoms with Crippen molar-refractivity contribution in [2.75, 3.05) is 5.75 Å². The summed E-state index contributed by atoms with van der Waals surface area (Å²) in [7, 11) is -4.01. The van der Waals surface area contributed by atoms with Crippen LogP contribution >= 0.6 is 0 Å². The Kier molecular flexibility index (Phi) is 3.97. The summed E-state index contributed by atoms with van der Waals surface area (Å²) < 4.78 is 31.3. The lowest BCUT2D eigenvalue weighted by atomic mass is 10.2. The predicted octanol–water partition coefficient (Wildman–Crippen LogP) is -0.414. The fourth-order valence-corrected chi connectivity index (χ4v) is 1.83. The van der Waals surface area contributed by atoms with Crippen molar-refractivity contribution in [2.24, 2.45) is 0 Å². The molecule has 2 rings (SSSR count). The second-order valence-electron chi connectivity index (χ2n) is 3.86. The molecule has 102 valence electrons. The lowest BCUT2D eigenvalue weighted by Crippen LogP contribution is -2.40. The van der Waals surface area contributed by atoms with Gasteiger partial charge in [0, 0.05) is 11.6 Å². The van der Waals surface area contributed by atoms with Crippen LogP contribution in [0.25, 0.3) is 11.3 Å². The first-order valence-corrected chi connectivity index (χ1v) is 7.12. The normalized spacial score (nSPS) is 11.0. The van der Waals surface area contributed by atoms with Crippen molar-refractivity contribution in [3.8, 4) is 17.3 Å². The molecule has 2 heterocycles. The third-order valence-corrected chi connectivity index (χ3v) is 3.11. The summed E-state index contributed by atoms with van der Waals surface area (Å²) >= 11 is 0. The molecule has 0 aromatic carbocycles. The predicted molar refractivity (Wildman–Crippen MR) is 66.6 cm³/mol. The Bertz CT molecular complexity index is 735. The van der Waals surface area contributed by atoms with Gasteiger partial charge in [0.25, 0.3) is 10.1 Å². The highest BCUT2D eigenvalue weighted by Crippen LogP contribution is 2.12. The van der Waals surface area contributed by atoms with Crippen molar-refractivity contribution >= 4 is 10.1 Å². The molecule has 0 bridgehead atoms. The van der Waals surface area contributed by atoms with E-state index < -0.39 is 15.9 Å². The average molecular weight is 292 g/mol. The van der Waals surface area contributed by atoms with Crippen LogP contribution in [0.5, 0.6) is 0 Å². The van der Waals surface area contributed by atoms with Crippen molar-refractivity contribution in [3.63, 3.8) is 0 Å². The fourth-order valence-electron chi connectivity index (χ4n) is 1.41. The Hall–Kier alpha value is -2.44. The molecule has 0 amide bonds. The number of hydrogen-bond donors (Lipinski definition) is 1. The van der Waals surface area contributed by atoms with Crippen molar-refractivity contribution in [2.45, 2.75) is 6.54 Å². The Morgan fingerprint density at radius 2 is 2.10 bits per heavy atom. The molecule has 0 fully saturated rings. The standard InChI is InChI=1S/C11H9N5O3S/c12-5-10-7-14-11(8-13-10)9-1-2-16(15-6-9)3-4-20(17,18)19/h1-2,6-8H,3-4H2/p+1. The molecule has 0 saturated carbocycles. The minimum atomic E-state index is -4.01. The lowest BCUT2D eigenvalue weighted by Gasteiger charge is -1.98. The third-order valence-electron chi connectivity index (χ3n) is 2.41. The highest BCUT2D eigenvalue weighted by Gasteiger charge is 2.11. The molecule has 0 aliphatic rings. The second kappa shape index (κ2) is 5.68. The van der Waals surface area contributed by atoms with Gasteiger partial charge < -0.3 is 0 Å². The molecular weight excluding hydrogens is 282 g/mol. The summed E-state index contributed by atoms with van der Waals surface area (Å²) in [6, 6.07) is 3.56. The summed E-state index contributed by atoms with van der Waals surface area (Å²) in [6.07, 6.45) is 5.88. The molecule has 2 aromatic heterocycles. The number of nitrogens with zero attached hydrogens (tertiary/aromatic N) is 5. The first kappa shape index (κ1) is 14.0. The van der Waals surface area contributed by atoms with E-state index >= 15 is 0 Å². The number of rotatable bonds is 4. The van der Waals surface area contributed by atoms with Crippen LogP contribution in [0.2, 0.25) is 0 Å². The summed E-state index contributed by atoms with van der Waals surface area (Å²) in [5, 5.41) is 12.6. The molecular formula is C11H10N5O3S+. The van der Waals surface area contributed by atoms with E-state index in [4.69, 9.17) is 9.81 Å². The second-order valence-corrected chi connectivity index (χ2v) is 5.44. The van der Waals surface area contributed by atoms with Gasteiger partial charge in [0.1, 0.15) is 18.0 Å². The zero-order valence-electron chi connectivity index (χ0n) is 10.2. The van der Waals surface area contributed by atoms with Crippen LogP contribution in [0.15, 0.2) is 30.9 Å². The minimum Gasteiger partial charge on any atom is -0.285 e. The zero-order valence-corrected chi connectivity index (χ0v) is 11.0. The first-order valence-electron chi connectivity index (χ1n) is 5.51. The maximum Gasteiger partial charge on any atom is 0.271 e. The molecule has 0 spiro atoms. The maximum absolute atomic E-state index is 10.6. The zero-order chi connectivity index (χ0) is 14.6. The molecule has 8 nitrogen and oxygen atoms in total. The third kappa shape index (κ3) is 3.78. The fraction of sp³-hybridized carbons (Fsp3) is 0.182. The molecule has 0 unspecified atom stereocenters. The van der Waals surface area contributed by atoms with Crippen LogP contribution in [-0.2, 0) is 16.7 Å². The number of aryl methyl sites for hydroxylation is 1. The average Bonchev–Trinajstić information content (AvgIpc) is 2.45. The Morgan fingerprint density at radius 1 is 1.30 bits per heavy atom. The van der Waals surface area contributed by atoms with Gasteiger partial charge in [0.15, 0.2) is 18.4 Å². The van der Waals surface area contributed by atoms with E-state index in [1.54, 1.807) is 12.3 Å². The number of hydrogen-bond acceptors (Lipinski definition) is 6. The van der Waals surface area contributed by atoms with E-state index in [1.165, 1.54) is 23.3 Å². The molecule has 1 N–H and O–H groups in total. The van der Waals surface area contributed by atoms with E-state index in [2.05, 4.69) is 15.1 Å². The molecule has 0 atom stereocenters. The Balaban J connectivity index is 2.13. The minimum absolute atomic E-state index is 0.0537. The first-order chi connectivity index (χ1) is 9.48. The monoisotopic (exact) mass is 292 g/mol. The van der Waals surface area contributed by atoms with Gasteiger partial charge in [-0.3, -0.25) is 9.54 Å². The van der Waals surface area contributed by atoms with Gasteiger partial charge in [0.05, 0.1) is 18.1 Å². The molecule has 0 radical (unpaired) electrons. The van der Waals surface area contributed by atoms with Gasteiger partial charge in [0.2, 0.25) is 0 Å². The number of nitriles is 1. The van der Waals surface area contributed by atoms with Crippen LogP contribution in [0.1, 0.15) is 5.69 Å². The molecule has 0 aliphatic carbocycles. The van der Waals surface area contributed by atoms with E-state index in [9.17, 15) is 8.42 Å². The summed E-state index contributed by atoms with van der Waals surface area (Å²) in [5.74, 6) is -0.402. The quantitative estimate of drug-likeness (QED) is 0.600. The van der Waals surface area contributed by atoms with Gasteiger partial charge in [-0.1, -0.05) is 4.68 Å². The summed E-state index contributed by atoms with van der Waals surface area (Å²) in [5.41, 5.74) is 1.46. The van der Waals surface area contributed by atoms with Crippen molar-refractivity contribution in [3.05, 3.63) is 36.5 Å². The lowest BCUT2D eigenvalue weighted by molar-refractivity contribution is -0.750. The summed E-state index contributed by atoms with van der Waals surface area (Å²) in [6.45, 7) is 0.0537. The van der Waals surface area contributed by atoms with E-state index in [1.807, 2.05) is 6.07 Å². The SMILES string of the molecule is N#Cc1cnc(-c2cc[n+](CCS(=O)(=O)O)nc2)cn1. The largest absolute Gasteiger partial charge is 0.285 e.